The van der Waals surface area contributed by atoms with Crippen molar-refractivity contribution in [3.63, 3.8) is 0 Å². The van der Waals surface area contributed by atoms with Crippen LogP contribution in [0.2, 0.25) is 0 Å². The van der Waals surface area contributed by atoms with Gasteiger partial charge in [0.2, 0.25) is 0 Å². The van der Waals surface area contributed by atoms with Crippen molar-refractivity contribution >= 4 is 12.0 Å². The molecule has 1 aromatic rings. The first-order valence-electron chi connectivity index (χ1n) is 7.11. The van der Waals surface area contributed by atoms with Crippen LogP contribution in [0.1, 0.15) is 32.8 Å². The van der Waals surface area contributed by atoms with Crippen molar-refractivity contribution in [1.29, 1.82) is 0 Å². The molecule has 6 heteroatoms. The average Bonchev–Trinajstić information content (AvgIpc) is 2.44. The lowest BCUT2D eigenvalue weighted by molar-refractivity contribution is -0.139. The fraction of sp³-hybridized carbons (Fsp3) is 0.533. The number of aliphatic carboxylic acids is 1. The van der Waals surface area contributed by atoms with E-state index >= 15 is 0 Å². The van der Waals surface area contributed by atoms with E-state index in [1.54, 1.807) is 17.3 Å². The molecule has 0 bridgehead atoms. The van der Waals surface area contributed by atoms with Crippen LogP contribution >= 0.6 is 0 Å². The predicted molar refractivity (Wildman–Crippen MR) is 79.7 cm³/mol. The highest BCUT2D eigenvalue weighted by Crippen LogP contribution is 2.07. The van der Waals surface area contributed by atoms with Gasteiger partial charge in [-0.15, -0.1) is 0 Å². The molecule has 1 heterocycles. The van der Waals surface area contributed by atoms with Gasteiger partial charge in [0.05, 0.1) is 0 Å². The zero-order valence-corrected chi connectivity index (χ0v) is 12.7. The number of nitrogens with zero attached hydrogens (tertiary/aromatic N) is 2. The molecular weight excluding hydrogens is 270 g/mol. The lowest BCUT2D eigenvalue weighted by atomic mass is 10.0. The zero-order chi connectivity index (χ0) is 15.8. The zero-order valence-electron chi connectivity index (χ0n) is 12.7. The van der Waals surface area contributed by atoms with Gasteiger partial charge in [-0.1, -0.05) is 13.8 Å². The van der Waals surface area contributed by atoms with Gasteiger partial charge < -0.3 is 15.3 Å². The second kappa shape index (κ2) is 8.24. The molecule has 0 saturated heterocycles. The van der Waals surface area contributed by atoms with Gasteiger partial charge in [0, 0.05) is 25.5 Å². The Hall–Kier alpha value is -2.11. The number of carboxylic acid groups (broad SMARTS) is 1. The summed E-state index contributed by atoms with van der Waals surface area (Å²) in [6, 6.07) is 2.45. The van der Waals surface area contributed by atoms with Crippen molar-refractivity contribution in [2.45, 2.75) is 39.8 Å². The largest absolute Gasteiger partial charge is 0.480 e. The average molecular weight is 293 g/mol. The minimum atomic E-state index is -1.00. The van der Waals surface area contributed by atoms with Gasteiger partial charge in [-0.05, 0) is 37.0 Å². The Morgan fingerprint density at radius 2 is 1.95 bits per heavy atom. The summed E-state index contributed by atoms with van der Waals surface area (Å²) in [4.78, 5) is 28.9. The Balaban J connectivity index is 2.67. The molecule has 0 fully saturated rings. The normalized spacial score (nSPS) is 12.0. The van der Waals surface area contributed by atoms with E-state index in [0.29, 0.717) is 19.5 Å². The molecule has 0 aliphatic carbocycles. The van der Waals surface area contributed by atoms with Crippen molar-refractivity contribution in [3.05, 3.63) is 30.1 Å². The van der Waals surface area contributed by atoms with Crippen LogP contribution in [0.15, 0.2) is 24.5 Å². The fourth-order valence-electron chi connectivity index (χ4n) is 1.97. The Labute approximate surface area is 125 Å². The smallest absolute Gasteiger partial charge is 0.326 e. The summed E-state index contributed by atoms with van der Waals surface area (Å²) < 4.78 is 0. The summed E-state index contributed by atoms with van der Waals surface area (Å²) in [7, 11) is 0. The lowest BCUT2D eigenvalue weighted by Crippen LogP contribution is -2.48. The van der Waals surface area contributed by atoms with Gasteiger partial charge in [0.15, 0.2) is 0 Å². The van der Waals surface area contributed by atoms with Crippen LogP contribution in [0.25, 0.3) is 0 Å². The topological polar surface area (TPSA) is 82.5 Å². The highest BCUT2D eigenvalue weighted by Gasteiger charge is 2.23. The number of carbonyl (C=O) groups excluding carboxylic acids is 1. The van der Waals surface area contributed by atoms with E-state index in [-0.39, 0.29) is 11.9 Å². The summed E-state index contributed by atoms with van der Waals surface area (Å²) in [6.07, 6.45) is 3.74. The monoisotopic (exact) mass is 293 g/mol. The van der Waals surface area contributed by atoms with Gasteiger partial charge in [0.1, 0.15) is 6.04 Å². The van der Waals surface area contributed by atoms with Crippen molar-refractivity contribution in [3.8, 4) is 0 Å². The highest BCUT2D eigenvalue weighted by molar-refractivity contribution is 5.82. The van der Waals surface area contributed by atoms with E-state index in [0.717, 1.165) is 5.56 Å². The molecule has 6 nitrogen and oxygen atoms in total. The number of carbonyl (C=O) groups is 2. The first kappa shape index (κ1) is 16.9. The summed E-state index contributed by atoms with van der Waals surface area (Å²) >= 11 is 0. The molecule has 2 amide bonds. The first-order chi connectivity index (χ1) is 9.93. The minimum absolute atomic E-state index is 0.196. The second-order valence-electron chi connectivity index (χ2n) is 5.34. The third-order valence-electron chi connectivity index (χ3n) is 3.09. The molecule has 0 aromatic carbocycles. The number of rotatable bonds is 7. The maximum absolute atomic E-state index is 12.2. The molecule has 1 atom stereocenters. The standard InChI is InChI=1S/C15H23N3O3/c1-4-18(10-12-5-7-16-8-6-12)15(21)17-13(14(19)20)9-11(2)3/h5-8,11,13H,4,9-10H2,1-3H3,(H,17,21)(H,19,20)/t13-/m1/s1. The fourth-order valence-corrected chi connectivity index (χ4v) is 1.97. The van der Waals surface area contributed by atoms with Gasteiger partial charge in [0.25, 0.3) is 0 Å². The Morgan fingerprint density at radius 1 is 1.33 bits per heavy atom. The molecule has 0 saturated carbocycles. The number of urea groups is 1. The van der Waals surface area contributed by atoms with Crippen LogP contribution in [0.3, 0.4) is 0 Å². The van der Waals surface area contributed by atoms with Gasteiger partial charge in [-0.2, -0.15) is 0 Å². The van der Waals surface area contributed by atoms with Crippen molar-refractivity contribution in [2.24, 2.45) is 5.92 Å². The van der Waals surface area contributed by atoms with Crippen molar-refractivity contribution in [2.75, 3.05) is 6.54 Å². The summed E-state index contributed by atoms with van der Waals surface area (Å²) in [6.45, 7) is 6.65. The number of hydrogen-bond acceptors (Lipinski definition) is 3. The van der Waals surface area contributed by atoms with Gasteiger partial charge >= 0.3 is 12.0 Å². The van der Waals surface area contributed by atoms with E-state index in [2.05, 4.69) is 10.3 Å². The molecule has 21 heavy (non-hydrogen) atoms. The number of amides is 2. The van der Waals surface area contributed by atoms with E-state index < -0.39 is 12.0 Å². The molecule has 0 aliphatic rings. The number of aromatic nitrogens is 1. The van der Waals surface area contributed by atoms with Crippen molar-refractivity contribution < 1.29 is 14.7 Å². The predicted octanol–water partition coefficient (Wildman–Crippen LogP) is 2.11. The molecule has 0 unspecified atom stereocenters. The van der Waals surface area contributed by atoms with E-state index in [4.69, 9.17) is 0 Å². The summed E-state index contributed by atoms with van der Waals surface area (Å²) in [5.41, 5.74) is 0.956. The SMILES string of the molecule is CCN(Cc1ccncc1)C(=O)N[C@H](CC(C)C)C(=O)O. The van der Waals surface area contributed by atoms with E-state index in [1.165, 1.54) is 0 Å². The third kappa shape index (κ3) is 5.81. The highest BCUT2D eigenvalue weighted by atomic mass is 16.4. The van der Waals surface area contributed by atoms with E-state index in [1.807, 2.05) is 32.9 Å². The van der Waals surface area contributed by atoms with Crippen LogP contribution < -0.4 is 5.32 Å². The number of carboxylic acids is 1. The number of nitrogens with one attached hydrogen (secondary N) is 1. The molecule has 0 aliphatic heterocycles. The molecular formula is C15H23N3O3. The van der Waals surface area contributed by atoms with Crippen LogP contribution in [-0.2, 0) is 11.3 Å². The Morgan fingerprint density at radius 3 is 2.43 bits per heavy atom. The molecule has 1 rings (SSSR count). The maximum atomic E-state index is 12.2. The Kier molecular flexibility index (Phi) is 6.65. The molecule has 0 spiro atoms. The maximum Gasteiger partial charge on any atom is 0.326 e. The van der Waals surface area contributed by atoms with Crippen LogP contribution in [0.5, 0.6) is 0 Å². The molecule has 116 valence electrons. The van der Waals surface area contributed by atoms with Crippen molar-refractivity contribution in [1.82, 2.24) is 15.2 Å². The van der Waals surface area contributed by atoms with Crippen LogP contribution in [-0.4, -0.2) is 39.6 Å². The summed E-state index contributed by atoms with van der Waals surface area (Å²) in [5.74, 6) is -0.807. The summed E-state index contributed by atoms with van der Waals surface area (Å²) in [5, 5.41) is 11.8. The minimum Gasteiger partial charge on any atom is -0.480 e. The Bertz CT molecular complexity index is 462. The number of hydrogen-bond donors (Lipinski definition) is 2. The van der Waals surface area contributed by atoms with Gasteiger partial charge in [-0.25, -0.2) is 9.59 Å². The lowest BCUT2D eigenvalue weighted by Gasteiger charge is -2.24. The molecule has 1 aromatic heterocycles. The van der Waals surface area contributed by atoms with E-state index in [9.17, 15) is 14.7 Å². The van der Waals surface area contributed by atoms with Crippen LogP contribution in [0.4, 0.5) is 4.79 Å². The number of pyridine rings is 1. The molecule has 2 N–H and O–H groups in total. The molecule has 0 radical (unpaired) electrons. The second-order valence-corrected chi connectivity index (χ2v) is 5.34. The quantitative estimate of drug-likeness (QED) is 0.806. The first-order valence-corrected chi connectivity index (χ1v) is 7.11. The third-order valence-corrected chi connectivity index (χ3v) is 3.09. The van der Waals surface area contributed by atoms with Crippen LogP contribution in [0, 0.1) is 5.92 Å². The van der Waals surface area contributed by atoms with Gasteiger partial charge in [-0.3, -0.25) is 4.98 Å².